The molecule has 0 aliphatic carbocycles. The van der Waals surface area contributed by atoms with Crippen LogP contribution in [0.15, 0.2) is 22.7 Å². The number of hydrogen-bond donors (Lipinski definition) is 1. The van der Waals surface area contributed by atoms with Crippen LogP contribution in [-0.2, 0) is 6.54 Å². The van der Waals surface area contributed by atoms with E-state index in [9.17, 15) is 5.11 Å². The summed E-state index contributed by atoms with van der Waals surface area (Å²) in [6, 6.07) is 6.36. The first-order chi connectivity index (χ1) is 8.42. The molecule has 0 saturated heterocycles. The summed E-state index contributed by atoms with van der Waals surface area (Å²) in [5, 5.41) is 11.9. The molecule has 3 rings (SSSR count). The summed E-state index contributed by atoms with van der Waals surface area (Å²) in [6.45, 7) is 7.40. The Bertz CT molecular complexity index is 627. The van der Waals surface area contributed by atoms with E-state index in [1.165, 1.54) is 16.5 Å². The molecule has 2 aromatic rings. The minimum atomic E-state index is -0.377. The van der Waals surface area contributed by atoms with Gasteiger partial charge in [-0.3, -0.25) is 0 Å². The van der Waals surface area contributed by atoms with Gasteiger partial charge in [-0.15, -0.1) is 0 Å². The van der Waals surface area contributed by atoms with Gasteiger partial charge in [0.2, 0.25) is 0 Å². The molecule has 2 heterocycles. The number of aromatic nitrogens is 1. The van der Waals surface area contributed by atoms with Crippen LogP contribution in [0.3, 0.4) is 0 Å². The highest BCUT2D eigenvalue weighted by Crippen LogP contribution is 2.45. The zero-order valence-electron chi connectivity index (χ0n) is 11.0. The molecule has 1 aromatic heterocycles. The Balaban J connectivity index is 2.33. The van der Waals surface area contributed by atoms with Crippen LogP contribution in [0.1, 0.15) is 37.6 Å². The topological polar surface area (TPSA) is 25.2 Å². The van der Waals surface area contributed by atoms with E-state index in [0.717, 1.165) is 23.1 Å². The molecule has 1 atom stereocenters. The number of aliphatic hydroxyl groups is 1. The van der Waals surface area contributed by atoms with Crippen LogP contribution in [0.2, 0.25) is 0 Å². The fourth-order valence-electron chi connectivity index (χ4n) is 3.01. The summed E-state index contributed by atoms with van der Waals surface area (Å²) in [5.74, 6) is 0. The van der Waals surface area contributed by atoms with Gasteiger partial charge in [0.25, 0.3) is 0 Å². The number of aliphatic hydroxyl groups excluding tert-OH is 1. The normalized spacial score (nSPS) is 22.2. The average molecular weight is 308 g/mol. The van der Waals surface area contributed by atoms with Gasteiger partial charge in [-0.05, 0) is 42.5 Å². The second kappa shape index (κ2) is 3.84. The van der Waals surface area contributed by atoms with Crippen LogP contribution in [0.5, 0.6) is 0 Å². The minimum absolute atomic E-state index is 0.0353. The monoisotopic (exact) mass is 307 g/mol. The van der Waals surface area contributed by atoms with Crippen molar-refractivity contribution in [3.05, 3.63) is 33.9 Å². The van der Waals surface area contributed by atoms with Crippen molar-refractivity contribution in [3.8, 4) is 0 Å². The van der Waals surface area contributed by atoms with E-state index in [1.54, 1.807) is 0 Å². The molecule has 0 spiro atoms. The van der Waals surface area contributed by atoms with E-state index in [-0.39, 0.29) is 11.5 Å². The van der Waals surface area contributed by atoms with Crippen molar-refractivity contribution in [2.24, 2.45) is 5.41 Å². The lowest BCUT2D eigenvalue weighted by Crippen LogP contribution is -2.31. The molecule has 0 radical (unpaired) electrons. The highest BCUT2D eigenvalue weighted by Gasteiger charge is 2.37. The standard InChI is InChI=1S/C15H18BrNO/c1-9-11-8-10(16)4-5-12(11)17-7-6-15(2,3)14(18)13(9)17/h4-5,8,14,18H,6-7H2,1-3H3. The first-order valence-corrected chi connectivity index (χ1v) is 7.17. The van der Waals surface area contributed by atoms with Crippen molar-refractivity contribution in [1.82, 2.24) is 4.57 Å². The molecule has 0 bridgehead atoms. The molecule has 1 unspecified atom stereocenters. The lowest BCUT2D eigenvalue weighted by Gasteiger charge is -2.37. The van der Waals surface area contributed by atoms with E-state index in [2.05, 4.69) is 59.5 Å². The van der Waals surface area contributed by atoms with E-state index < -0.39 is 0 Å². The van der Waals surface area contributed by atoms with Gasteiger partial charge in [0.05, 0.1) is 11.8 Å². The number of aryl methyl sites for hydroxylation is 2. The van der Waals surface area contributed by atoms with Crippen molar-refractivity contribution in [2.75, 3.05) is 0 Å². The molecule has 0 fully saturated rings. The molecule has 1 aliphatic rings. The van der Waals surface area contributed by atoms with E-state index in [1.807, 2.05) is 0 Å². The minimum Gasteiger partial charge on any atom is -0.386 e. The second-order valence-corrected chi connectivity index (χ2v) is 6.88. The van der Waals surface area contributed by atoms with Crippen molar-refractivity contribution >= 4 is 26.8 Å². The van der Waals surface area contributed by atoms with Crippen LogP contribution in [0, 0.1) is 12.3 Å². The van der Waals surface area contributed by atoms with Gasteiger partial charge in [0.1, 0.15) is 0 Å². The van der Waals surface area contributed by atoms with Crippen LogP contribution in [0.4, 0.5) is 0 Å². The van der Waals surface area contributed by atoms with Gasteiger partial charge in [0, 0.05) is 21.9 Å². The van der Waals surface area contributed by atoms with E-state index >= 15 is 0 Å². The average Bonchev–Trinajstić information content (AvgIpc) is 2.58. The summed E-state index contributed by atoms with van der Waals surface area (Å²) in [5.41, 5.74) is 3.51. The predicted molar refractivity (Wildman–Crippen MR) is 77.7 cm³/mol. The maximum atomic E-state index is 10.6. The third-order valence-electron chi connectivity index (χ3n) is 4.31. The van der Waals surface area contributed by atoms with Crippen LogP contribution in [0.25, 0.3) is 10.9 Å². The Morgan fingerprint density at radius 3 is 2.83 bits per heavy atom. The summed E-state index contributed by atoms with van der Waals surface area (Å²) < 4.78 is 3.38. The highest BCUT2D eigenvalue weighted by molar-refractivity contribution is 9.10. The number of fused-ring (bicyclic) bond motifs is 3. The van der Waals surface area contributed by atoms with Crippen molar-refractivity contribution in [3.63, 3.8) is 0 Å². The maximum absolute atomic E-state index is 10.6. The smallest absolute Gasteiger partial charge is 0.0994 e. The molecule has 1 aliphatic heterocycles. The van der Waals surface area contributed by atoms with E-state index in [0.29, 0.717) is 0 Å². The first-order valence-electron chi connectivity index (χ1n) is 6.38. The molecule has 1 aromatic carbocycles. The number of nitrogens with zero attached hydrogens (tertiary/aromatic N) is 1. The first kappa shape index (κ1) is 12.2. The molecular weight excluding hydrogens is 290 g/mol. The third kappa shape index (κ3) is 1.57. The summed E-state index contributed by atoms with van der Waals surface area (Å²) in [4.78, 5) is 0. The molecular formula is C15H18BrNO. The SMILES string of the molecule is Cc1c2n(c3ccc(Br)cc13)CCC(C)(C)C2O. The number of hydrogen-bond acceptors (Lipinski definition) is 1. The van der Waals surface area contributed by atoms with Crippen molar-refractivity contribution in [2.45, 2.75) is 39.8 Å². The fraction of sp³-hybridized carbons (Fsp3) is 0.467. The predicted octanol–water partition coefficient (Wildman–Crippen LogP) is 4.18. The van der Waals surface area contributed by atoms with Gasteiger partial charge in [-0.25, -0.2) is 0 Å². The van der Waals surface area contributed by atoms with Crippen LogP contribution < -0.4 is 0 Å². The molecule has 1 N–H and O–H groups in total. The van der Waals surface area contributed by atoms with Crippen molar-refractivity contribution in [1.29, 1.82) is 0 Å². The number of benzene rings is 1. The van der Waals surface area contributed by atoms with Gasteiger partial charge in [-0.2, -0.15) is 0 Å². The number of halogens is 1. The zero-order chi connectivity index (χ0) is 13.1. The zero-order valence-corrected chi connectivity index (χ0v) is 12.6. The molecule has 3 heteroatoms. The van der Waals surface area contributed by atoms with Crippen molar-refractivity contribution < 1.29 is 5.11 Å². The number of rotatable bonds is 0. The van der Waals surface area contributed by atoms with Gasteiger partial charge < -0.3 is 9.67 Å². The third-order valence-corrected chi connectivity index (χ3v) is 4.80. The molecule has 96 valence electrons. The Morgan fingerprint density at radius 2 is 2.11 bits per heavy atom. The van der Waals surface area contributed by atoms with E-state index in [4.69, 9.17) is 0 Å². The quantitative estimate of drug-likeness (QED) is 0.776. The van der Waals surface area contributed by atoms with Gasteiger partial charge >= 0.3 is 0 Å². The highest BCUT2D eigenvalue weighted by atomic mass is 79.9. The van der Waals surface area contributed by atoms with Crippen LogP contribution in [-0.4, -0.2) is 9.67 Å². The Kier molecular flexibility index (Phi) is 2.62. The Hall–Kier alpha value is -0.800. The lowest BCUT2D eigenvalue weighted by molar-refractivity contribution is 0.0179. The Morgan fingerprint density at radius 1 is 1.39 bits per heavy atom. The maximum Gasteiger partial charge on any atom is 0.0994 e. The summed E-state index contributed by atoms with van der Waals surface area (Å²) in [7, 11) is 0. The lowest BCUT2D eigenvalue weighted by atomic mass is 9.78. The Labute approximate surface area is 116 Å². The second-order valence-electron chi connectivity index (χ2n) is 5.96. The molecule has 18 heavy (non-hydrogen) atoms. The summed E-state index contributed by atoms with van der Waals surface area (Å²) >= 11 is 3.53. The van der Waals surface area contributed by atoms with Gasteiger partial charge in [-0.1, -0.05) is 29.8 Å². The van der Waals surface area contributed by atoms with Crippen LogP contribution >= 0.6 is 15.9 Å². The van der Waals surface area contributed by atoms with Gasteiger partial charge in [0.15, 0.2) is 0 Å². The molecule has 2 nitrogen and oxygen atoms in total. The molecule has 0 amide bonds. The fourth-order valence-corrected chi connectivity index (χ4v) is 3.38. The summed E-state index contributed by atoms with van der Waals surface area (Å²) in [6.07, 6.45) is 0.637. The molecule has 0 saturated carbocycles. The largest absolute Gasteiger partial charge is 0.386 e.